The van der Waals surface area contributed by atoms with Crippen molar-refractivity contribution in [2.45, 2.75) is 6.92 Å². The zero-order chi connectivity index (χ0) is 17.0. The van der Waals surface area contributed by atoms with E-state index < -0.39 is 15.5 Å². The standard InChI is InChI=1S/C14H12N4O5/c1-9-2-5-14(19)10(6-9)8-15-16-12-4-3-11(17(20)21)7-13(12)18(22)23/h2-8,16,19H,1H3/b15-8-. The van der Waals surface area contributed by atoms with Gasteiger partial charge in [0.2, 0.25) is 0 Å². The van der Waals surface area contributed by atoms with Crippen molar-refractivity contribution in [2.24, 2.45) is 5.10 Å². The molecule has 0 heterocycles. The van der Waals surface area contributed by atoms with E-state index in [2.05, 4.69) is 10.5 Å². The Morgan fingerprint density at radius 1 is 1.13 bits per heavy atom. The molecule has 23 heavy (non-hydrogen) atoms. The van der Waals surface area contributed by atoms with E-state index in [1.165, 1.54) is 18.3 Å². The number of hydrogen-bond donors (Lipinski definition) is 2. The molecule has 0 spiro atoms. The molecule has 2 aromatic carbocycles. The van der Waals surface area contributed by atoms with Crippen molar-refractivity contribution in [3.05, 3.63) is 67.8 Å². The first-order valence-corrected chi connectivity index (χ1v) is 6.40. The zero-order valence-electron chi connectivity index (χ0n) is 12.0. The van der Waals surface area contributed by atoms with Gasteiger partial charge in [0, 0.05) is 11.6 Å². The Morgan fingerprint density at radius 3 is 2.52 bits per heavy atom. The second-order valence-electron chi connectivity index (χ2n) is 4.65. The number of nitrogens with zero attached hydrogens (tertiary/aromatic N) is 3. The Balaban J connectivity index is 2.26. The number of rotatable bonds is 5. The molecule has 0 aliphatic rings. The maximum Gasteiger partial charge on any atom is 0.301 e. The Morgan fingerprint density at radius 2 is 1.87 bits per heavy atom. The molecule has 9 heteroatoms. The van der Waals surface area contributed by atoms with Crippen LogP contribution in [0, 0.1) is 27.2 Å². The van der Waals surface area contributed by atoms with Gasteiger partial charge in [-0.2, -0.15) is 5.10 Å². The van der Waals surface area contributed by atoms with Gasteiger partial charge in [-0.05, 0) is 25.1 Å². The van der Waals surface area contributed by atoms with Gasteiger partial charge in [-0.15, -0.1) is 0 Å². The molecule has 0 saturated heterocycles. The maximum absolute atomic E-state index is 11.0. The van der Waals surface area contributed by atoms with Gasteiger partial charge in [-0.3, -0.25) is 25.7 Å². The summed E-state index contributed by atoms with van der Waals surface area (Å²) in [5.74, 6) is 0.0133. The second-order valence-corrected chi connectivity index (χ2v) is 4.65. The summed E-state index contributed by atoms with van der Waals surface area (Å²) in [4.78, 5) is 20.2. The molecule has 0 unspecified atom stereocenters. The average Bonchev–Trinajstić information content (AvgIpc) is 2.50. The zero-order valence-corrected chi connectivity index (χ0v) is 12.0. The molecule has 0 aliphatic heterocycles. The van der Waals surface area contributed by atoms with Gasteiger partial charge in [0.25, 0.3) is 5.69 Å². The number of anilines is 1. The fourth-order valence-electron chi connectivity index (χ4n) is 1.83. The summed E-state index contributed by atoms with van der Waals surface area (Å²) in [7, 11) is 0. The highest BCUT2D eigenvalue weighted by atomic mass is 16.6. The molecule has 0 radical (unpaired) electrons. The summed E-state index contributed by atoms with van der Waals surface area (Å²) < 4.78 is 0. The molecule has 118 valence electrons. The highest BCUT2D eigenvalue weighted by Gasteiger charge is 2.19. The van der Waals surface area contributed by atoms with Crippen LogP contribution in [0.1, 0.15) is 11.1 Å². The lowest BCUT2D eigenvalue weighted by Crippen LogP contribution is -1.98. The molecule has 0 amide bonds. The molecule has 0 fully saturated rings. The van der Waals surface area contributed by atoms with Crippen molar-refractivity contribution in [2.75, 3.05) is 5.43 Å². The van der Waals surface area contributed by atoms with Gasteiger partial charge in [0.05, 0.1) is 22.1 Å². The van der Waals surface area contributed by atoms with Crippen LogP contribution < -0.4 is 5.43 Å². The van der Waals surface area contributed by atoms with Crippen LogP contribution in [0.3, 0.4) is 0 Å². The number of benzene rings is 2. The monoisotopic (exact) mass is 316 g/mol. The topological polar surface area (TPSA) is 131 Å². The number of nitro benzene ring substituents is 2. The minimum Gasteiger partial charge on any atom is -0.507 e. The third-order valence-electron chi connectivity index (χ3n) is 2.96. The lowest BCUT2D eigenvalue weighted by Gasteiger charge is -2.03. The Bertz CT molecular complexity index is 804. The highest BCUT2D eigenvalue weighted by molar-refractivity contribution is 5.84. The van der Waals surface area contributed by atoms with Gasteiger partial charge in [-0.1, -0.05) is 11.6 Å². The van der Waals surface area contributed by atoms with Crippen LogP contribution in [-0.4, -0.2) is 21.2 Å². The number of nitro groups is 2. The first-order chi connectivity index (χ1) is 10.9. The van der Waals surface area contributed by atoms with E-state index >= 15 is 0 Å². The van der Waals surface area contributed by atoms with Crippen LogP contribution in [0.2, 0.25) is 0 Å². The van der Waals surface area contributed by atoms with Crippen molar-refractivity contribution in [3.63, 3.8) is 0 Å². The molecule has 0 aliphatic carbocycles. The predicted octanol–water partition coefficient (Wildman–Crippen LogP) is 2.96. The number of phenols is 1. The van der Waals surface area contributed by atoms with Crippen LogP contribution >= 0.6 is 0 Å². The minimum atomic E-state index is -0.741. The maximum atomic E-state index is 11.0. The van der Waals surface area contributed by atoms with Crippen LogP contribution in [-0.2, 0) is 0 Å². The lowest BCUT2D eigenvalue weighted by atomic mass is 10.1. The van der Waals surface area contributed by atoms with E-state index in [0.29, 0.717) is 5.56 Å². The quantitative estimate of drug-likeness (QED) is 0.495. The normalized spacial score (nSPS) is 10.7. The largest absolute Gasteiger partial charge is 0.507 e. The van der Waals surface area contributed by atoms with Gasteiger partial charge in [0.15, 0.2) is 0 Å². The fourth-order valence-corrected chi connectivity index (χ4v) is 1.83. The summed E-state index contributed by atoms with van der Waals surface area (Å²) in [6, 6.07) is 8.09. The first kappa shape index (κ1) is 15.9. The summed E-state index contributed by atoms with van der Waals surface area (Å²) in [5.41, 5.74) is 2.94. The van der Waals surface area contributed by atoms with Crippen LogP contribution in [0.15, 0.2) is 41.5 Å². The number of hydrazone groups is 1. The third kappa shape index (κ3) is 3.79. The number of nitrogens with one attached hydrogen (secondary N) is 1. The van der Waals surface area contributed by atoms with Crippen molar-refractivity contribution in [3.8, 4) is 5.75 Å². The summed E-state index contributed by atoms with van der Waals surface area (Å²) >= 11 is 0. The van der Waals surface area contributed by atoms with Crippen molar-refractivity contribution in [1.82, 2.24) is 0 Å². The number of hydrogen-bond acceptors (Lipinski definition) is 7. The van der Waals surface area contributed by atoms with Crippen LogP contribution in [0.5, 0.6) is 5.75 Å². The van der Waals surface area contributed by atoms with Crippen LogP contribution in [0.4, 0.5) is 17.1 Å². The smallest absolute Gasteiger partial charge is 0.301 e. The van der Waals surface area contributed by atoms with E-state index in [1.807, 2.05) is 6.92 Å². The lowest BCUT2D eigenvalue weighted by molar-refractivity contribution is -0.393. The molecule has 0 saturated carbocycles. The van der Waals surface area contributed by atoms with E-state index in [1.54, 1.807) is 12.1 Å². The predicted molar refractivity (Wildman–Crippen MR) is 83.8 cm³/mol. The summed E-state index contributed by atoms with van der Waals surface area (Å²) in [6.07, 6.45) is 1.30. The van der Waals surface area contributed by atoms with E-state index in [-0.39, 0.29) is 17.1 Å². The Kier molecular flexibility index (Phi) is 4.50. The Hall–Kier alpha value is -3.49. The summed E-state index contributed by atoms with van der Waals surface area (Å²) in [6.45, 7) is 1.84. The Labute approximate surface area is 130 Å². The van der Waals surface area contributed by atoms with Crippen molar-refractivity contribution < 1.29 is 15.0 Å². The van der Waals surface area contributed by atoms with E-state index in [9.17, 15) is 25.3 Å². The van der Waals surface area contributed by atoms with Gasteiger partial charge < -0.3 is 5.11 Å². The van der Waals surface area contributed by atoms with E-state index in [0.717, 1.165) is 17.7 Å². The number of non-ortho nitro benzene ring substituents is 1. The molecule has 0 aromatic heterocycles. The molecule has 2 aromatic rings. The minimum absolute atomic E-state index is 0.00370. The molecule has 2 N–H and O–H groups in total. The third-order valence-corrected chi connectivity index (χ3v) is 2.96. The number of aryl methyl sites for hydroxylation is 1. The van der Waals surface area contributed by atoms with Crippen molar-refractivity contribution in [1.29, 1.82) is 0 Å². The molecular weight excluding hydrogens is 304 g/mol. The van der Waals surface area contributed by atoms with Gasteiger partial charge >= 0.3 is 5.69 Å². The van der Waals surface area contributed by atoms with E-state index in [4.69, 9.17) is 0 Å². The van der Waals surface area contributed by atoms with Crippen LogP contribution in [0.25, 0.3) is 0 Å². The first-order valence-electron chi connectivity index (χ1n) is 6.40. The van der Waals surface area contributed by atoms with Gasteiger partial charge in [-0.25, -0.2) is 0 Å². The molecule has 9 nitrogen and oxygen atoms in total. The number of aromatic hydroxyl groups is 1. The van der Waals surface area contributed by atoms with Crippen molar-refractivity contribution >= 4 is 23.3 Å². The molecule has 0 bridgehead atoms. The SMILES string of the molecule is Cc1ccc(O)c(/C=N\Nc2ccc([N+](=O)[O-])cc2[N+](=O)[O-])c1. The summed E-state index contributed by atoms with van der Waals surface area (Å²) in [5, 5.41) is 35.1. The highest BCUT2D eigenvalue weighted by Crippen LogP contribution is 2.29. The molecular formula is C14H12N4O5. The second kappa shape index (κ2) is 6.52. The molecule has 0 atom stereocenters. The number of phenolic OH excluding ortho intramolecular Hbond substituents is 1. The van der Waals surface area contributed by atoms with Gasteiger partial charge in [0.1, 0.15) is 11.4 Å². The molecule has 2 rings (SSSR count). The fraction of sp³-hybridized carbons (Fsp3) is 0.0714. The average molecular weight is 316 g/mol.